The predicted octanol–water partition coefficient (Wildman–Crippen LogP) is 17.0. The van der Waals surface area contributed by atoms with E-state index in [9.17, 15) is 0 Å². The highest BCUT2D eigenvalue weighted by Gasteiger charge is 2.30. The van der Waals surface area contributed by atoms with Crippen LogP contribution in [0.1, 0.15) is 65.5 Å². The Morgan fingerprint density at radius 3 is 1.69 bits per heavy atom. The molecule has 1 aliphatic heterocycles. The molecular weight excluding hydrogens is 913 g/mol. The van der Waals surface area contributed by atoms with E-state index in [1.807, 2.05) is 6.07 Å². The fraction of sp³-hybridized carbons (Fsp3) is 0.0725. The normalized spacial score (nSPS) is 15.1. The van der Waals surface area contributed by atoms with Gasteiger partial charge in [-0.1, -0.05) is 189 Å². The number of amidine groups is 2. The number of benzene rings is 9. The van der Waals surface area contributed by atoms with Crippen molar-refractivity contribution >= 4 is 77.8 Å². The number of allylic oxidation sites excluding steroid dienone is 4. The van der Waals surface area contributed by atoms with Gasteiger partial charge in [0.2, 0.25) is 0 Å². The Morgan fingerprint density at radius 1 is 0.533 bits per heavy atom. The molecule has 0 saturated carbocycles. The molecule has 3 aromatic heterocycles. The van der Waals surface area contributed by atoms with E-state index in [2.05, 4.69) is 263 Å². The van der Waals surface area contributed by atoms with Gasteiger partial charge in [-0.3, -0.25) is 0 Å². The van der Waals surface area contributed by atoms with Crippen LogP contribution in [-0.2, 0) is 0 Å². The van der Waals surface area contributed by atoms with Gasteiger partial charge >= 0.3 is 0 Å². The second kappa shape index (κ2) is 18.2. The van der Waals surface area contributed by atoms with E-state index in [4.69, 9.17) is 16.6 Å². The van der Waals surface area contributed by atoms with Crippen molar-refractivity contribution in [2.24, 2.45) is 9.98 Å². The summed E-state index contributed by atoms with van der Waals surface area (Å²) in [7, 11) is 0. The molecule has 14 rings (SSSR count). The zero-order chi connectivity index (χ0) is 50.0. The summed E-state index contributed by atoms with van der Waals surface area (Å²) in [5, 5.41) is 9.92. The van der Waals surface area contributed by atoms with Crippen LogP contribution in [0.5, 0.6) is 0 Å². The summed E-state index contributed by atoms with van der Waals surface area (Å²) in [6.07, 6.45) is 10.7. The molecule has 4 heterocycles. The fourth-order valence-electron chi connectivity index (χ4n) is 12.0. The van der Waals surface area contributed by atoms with Crippen molar-refractivity contribution in [1.82, 2.24) is 19.0 Å². The van der Waals surface area contributed by atoms with Crippen LogP contribution in [0.4, 0.5) is 0 Å². The molecule has 6 nitrogen and oxygen atoms in total. The lowest BCUT2D eigenvalue weighted by Gasteiger charge is -2.26. The minimum atomic E-state index is -0.347. The molecule has 0 fully saturated rings. The third kappa shape index (κ3) is 7.32. The summed E-state index contributed by atoms with van der Waals surface area (Å²) >= 11 is 0. The standard InChI is InChI=1S/C69H52N6/c1-3-59-65(45(2)73-60-36-20-16-32-52(60)53-33-17-21-37-61(53)73)58-44-51(74-62-38-22-18-34-54(62)55-35-19-23-39-63(55)74)40-41-64(58)75(59)66-56(46-24-8-4-9-25-46)42-50(43-57(66)47-26-10-5-11-27-47)69-71-67(48-28-12-6-13-29-48)70-68(72-69)49-30-14-7-15-31-49/h3-4,6-10,12-45,67H,1,5,11H2,2H3,(H,70,71,72)/t45-,67?/m0/s1. The first-order valence-corrected chi connectivity index (χ1v) is 26.0. The number of hydrogen-bond acceptors (Lipinski definition) is 3. The summed E-state index contributed by atoms with van der Waals surface area (Å²) in [4.78, 5) is 10.6. The van der Waals surface area contributed by atoms with Crippen LogP contribution in [0, 0.1) is 0 Å². The van der Waals surface area contributed by atoms with Crippen LogP contribution in [0.3, 0.4) is 0 Å². The topological polar surface area (TPSA) is 51.5 Å². The number of nitrogens with one attached hydrogen (secondary N) is 1. The highest BCUT2D eigenvalue weighted by molar-refractivity contribution is 6.15. The predicted molar refractivity (Wildman–Crippen MR) is 315 cm³/mol. The minimum absolute atomic E-state index is 0.122. The monoisotopic (exact) mass is 964 g/mol. The summed E-state index contributed by atoms with van der Waals surface area (Å²) < 4.78 is 7.49. The van der Waals surface area contributed by atoms with E-state index >= 15 is 0 Å². The van der Waals surface area contributed by atoms with E-state index in [0.29, 0.717) is 5.84 Å². The number of aliphatic imine (C=N–C) groups is 2. The van der Waals surface area contributed by atoms with Crippen LogP contribution in [0.25, 0.3) is 88.7 Å². The van der Waals surface area contributed by atoms with Crippen LogP contribution in [-0.4, -0.2) is 25.4 Å². The number of rotatable bonds is 10. The average molecular weight is 965 g/mol. The molecule has 75 heavy (non-hydrogen) atoms. The van der Waals surface area contributed by atoms with Crippen molar-refractivity contribution in [2.45, 2.75) is 32.0 Å². The Balaban J connectivity index is 1.08. The molecule has 2 aliphatic rings. The fourth-order valence-corrected chi connectivity index (χ4v) is 12.0. The van der Waals surface area contributed by atoms with Gasteiger partial charge in [0.05, 0.1) is 34.0 Å². The zero-order valence-electron chi connectivity index (χ0n) is 41.6. The van der Waals surface area contributed by atoms with Crippen molar-refractivity contribution in [1.29, 1.82) is 0 Å². The van der Waals surface area contributed by atoms with Crippen LogP contribution in [0.2, 0.25) is 0 Å². The van der Waals surface area contributed by atoms with Crippen molar-refractivity contribution in [3.8, 4) is 22.5 Å². The summed E-state index contributed by atoms with van der Waals surface area (Å²) in [5.74, 6) is 1.45. The molecule has 358 valence electrons. The number of para-hydroxylation sites is 4. The number of hydrogen-bond donors (Lipinski definition) is 1. The first-order chi connectivity index (χ1) is 37.1. The third-order valence-electron chi connectivity index (χ3n) is 15.4. The van der Waals surface area contributed by atoms with Gasteiger partial charge in [-0.2, -0.15) is 0 Å². The van der Waals surface area contributed by atoms with Gasteiger partial charge in [0.25, 0.3) is 0 Å². The van der Waals surface area contributed by atoms with Crippen molar-refractivity contribution < 1.29 is 0 Å². The van der Waals surface area contributed by atoms with Crippen LogP contribution in [0.15, 0.2) is 253 Å². The molecule has 1 aliphatic carbocycles. The highest BCUT2D eigenvalue weighted by Crippen LogP contribution is 2.46. The third-order valence-corrected chi connectivity index (χ3v) is 15.4. The van der Waals surface area contributed by atoms with Crippen LogP contribution < -0.4 is 5.32 Å². The second-order valence-corrected chi connectivity index (χ2v) is 19.7. The number of fused-ring (bicyclic) bond motifs is 7. The molecule has 0 radical (unpaired) electrons. The van der Waals surface area contributed by atoms with E-state index < -0.39 is 0 Å². The van der Waals surface area contributed by atoms with Crippen LogP contribution >= 0.6 is 0 Å². The molecule has 1 unspecified atom stereocenters. The molecular formula is C69H52N6. The van der Waals surface area contributed by atoms with E-state index in [1.54, 1.807) is 0 Å². The maximum Gasteiger partial charge on any atom is 0.159 e. The van der Waals surface area contributed by atoms with Gasteiger partial charge in [-0.15, -0.1) is 0 Å². The quantitative estimate of drug-likeness (QED) is 0.146. The van der Waals surface area contributed by atoms with Gasteiger partial charge < -0.3 is 19.0 Å². The molecule has 2 atom stereocenters. The Morgan fingerprint density at radius 2 is 1.08 bits per heavy atom. The Labute approximate surface area is 435 Å². The number of nitrogens with zero attached hydrogens (tertiary/aromatic N) is 5. The maximum absolute atomic E-state index is 5.38. The average Bonchev–Trinajstić information content (AvgIpc) is 4.13. The van der Waals surface area contributed by atoms with Crippen molar-refractivity contribution in [3.05, 3.63) is 277 Å². The van der Waals surface area contributed by atoms with Crippen molar-refractivity contribution in [3.63, 3.8) is 0 Å². The largest absolute Gasteiger partial charge is 0.344 e. The van der Waals surface area contributed by atoms with Crippen molar-refractivity contribution in [2.75, 3.05) is 0 Å². The molecule has 1 N–H and O–H groups in total. The lowest BCUT2D eigenvalue weighted by Crippen LogP contribution is -2.33. The molecule has 0 spiro atoms. The van der Waals surface area contributed by atoms with Gasteiger partial charge in [0.1, 0.15) is 12.0 Å². The molecule has 6 heteroatoms. The minimum Gasteiger partial charge on any atom is -0.344 e. The Hall–Kier alpha value is -9.52. The smallest absolute Gasteiger partial charge is 0.159 e. The van der Waals surface area contributed by atoms with Gasteiger partial charge in [0.15, 0.2) is 5.84 Å². The van der Waals surface area contributed by atoms with E-state index in [1.165, 1.54) is 54.7 Å². The molecule has 0 saturated heterocycles. The molecule has 0 bridgehead atoms. The van der Waals surface area contributed by atoms with E-state index in [-0.39, 0.29) is 12.2 Å². The zero-order valence-corrected chi connectivity index (χ0v) is 41.6. The highest BCUT2D eigenvalue weighted by atomic mass is 15.2. The SMILES string of the molecule is C=Cc1c([C@H](C)n2c3ccccc3c3ccccc32)c2cc(-n3c4ccccc4c4ccccc43)ccc2n1-c1c(C2=CCCC=C2)cc(C2=NC(c3ccccc3)=NC(c3ccccc3)N2)cc1-c1ccccc1. The lowest BCUT2D eigenvalue weighted by molar-refractivity contribution is 0.674. The first-order valence-electron chi connectivity index (χ1n) is 26.0. The molecule has 9 aromatic carbocycles. The lowest BCUT2D eigenvalue weighted by atomic mass is 9.90. The molecule has 0 amide bonds. The second-order valence-electron chi connectivity index (χ2n) is 19.7. The Bertz CT molecular complexity index is 4250. The van der Waals surface area contributed by atoms with Gasteiger partial charge in [-0.25, -0.2) is 9.98 Å². The maximum atomic E-state index is 5.38. The summed E-state index contributed by atoms with van der Waals surface area (Å²) in [6.45, 7) is 7.09. The van der Waals surface area contributed by atoms with E-state index in [0.717, 1.165) is 80.0 Å². The summed E-state index contributed by atoms with van der Waals surface area (Å²) in [5.41, 5.74) is 17.7. The van der Waals surface area contributed by atoms with Gasteiger partial charge in [0, 0.05) is 71.5 Å². The summed E-state index contributed by atoms with van der Waals surface area (Å²) in [6, 6.07) is 78.5. The van der Waals surface area contributed by atoms with Gasteiger partial charge in [-0.05, 0) is 97.1 Å². The molecule has 12 aromatic rings. The first kappa shape index (κ1) is 44.2. The number of aromatic nitrogens is 3. The Kier molecular flexibility index (Phi) is 10.7.